The zero-order chi connectivity index (χ0) is 18.2. The Morgan fingerprint density at radius 1 is 1.20 bits per heavy atom. The summed E-state index contributed by atoms with van der Waals surface area (Å²) in [6, 6.07) is 0. The largest absolute Gasteiger partial charge is 0.444 e. The van der Waals surface area contributed by atoms with E-state index in [1.165, 1.54) is 12.8 Å². The molecule has 3 rings (SSSR count). The molecule has 0 aromatic rings. The SMILES string of the molecule is CC(C)(C)OC(=O)N1CC([C@H]2CCCN(C[C@H]3COC(C)(C)O3)C2)C1. The number of likely N-dealkylation sites (tertiary alicyclic amines) is 2. The highest BCUT2D eigenvalue weighted by atomic mass is 16.7. The van der Waals surface area contributed by atoms with Gasteiger partial charge in [0.05, 0.1) is 12.7 Å². The van der Waals surface area contributed by atoms with Gasteiger partial charge in [0.1, 0.15) is 5.60 Å². The Morgan fingerprint density at radius 3 is 2.52 bits per heavy atom. The minimum Gasteiger partial charge on any atom is -0.444 e. The normalized spacial score (nSPS) is 31.0. The molecule has 144 valence electrons. The van der Waals surface area contributed by atoms with E-state index in [9.17, 15) is 4.79 Å². The molecule has 0 aromatic carbocycles. The van der Waals surface area contributed by atoms with Gasteiger partial charge < -0.3 is 24.0 Å². The van der Waals surface area contributed by atoms with Crippen molar-refractivity contribution in [1.29, 1.82) is 0 Å². The van der Waals surface area contributed by atoms with E-state index < -0.39 is 11.4 Å². The first kappa shape index (κ1) is 18.9. The number of amides is 1. The van der Waals surface area contributed by atoms with Gasteiger partial charge in [0.2, 0.25) is 0 Å². The summed E-state index contributed by atoms with van der Waals surface area (Å²) in [5.74, 6) is 0.831. The fourth-order valence-corrected chi connectivity index (χ4v) is 4.07. The summed E-state index contributed by atoms with van der Waals surface area (Å²) in [4.78, 5) is 16.4. The number of rotatable bonds is 3. The van der Waals surface area contributed by atoms with Crippen LogP contribution in [-0.2, 0) is 14.2 Å². The smallest absolute Gasteiger partial charge is 0.410 e. The van der Waals surface area contributed by atoms with Crippen molar-refractivity contribution < 1.29 is 19.0 Å². The lowest BCUT2D eigenvalue weighted by molar-refractivity contribution is -0.141. The van der Waals surface area contributed by atoms with Crippen LogP contribution in [0.3, 0.4) is 0 Å². The predicted octanol–water partition coefficient (Wildman–Crippen LogP) is 2.72. The molecule has 6 heteroatoms. The number of ether oxygens (including phenoxy) is 3. The molecule has 2 atom stereocenters. The van der Waals surface area contributed by atoms with E-state index in [-0.39, 0.29) is 12.2 Å². The highest BCUT2D eigenvalue weighted by Gasteiger charge is 2.40. The Balaban J connectivity index is 1.42. The second-order valence-corrected chi connectivity index (χ2v) is 9.26. The molecule has 0 aromatic heterocycles. The Morgan fingerprint density at radius 2 is 1.92 bits per heavy atom. The van der Waals surface area contributed by atoms with Crippen molar-refractivity contribution in [2.24, 2.45) is 11.8 Å². The van der Waals surface area contributed by atoms with Crippen LogP contribution in [0.15, 0.2) is 0 Å². The summed E-state index contributed by atoms with van der Waals surface area (Å²) in [6.07, 6.45) is 2.49. The van der Waals surface area contributed by atoms with E-state index in [0.29, 0.717) is 18.4 Å². The first-order valence-electron chi connectivity index (χ1n) is 9.63. The van der Waals surface area contributed by atoms with Gasteiger partial charge in [-0.15, -0.1) is 0 Å². The fraction of sp³-hybridized carbons (Fsp3) is 0.947. The summed E-state index contributed by atoms with van der Waals surface area (Å²) in [6.45, 7) is 15.2. The summed E-state index contributed by atoms with van der Waals surface area (Å²) in [5, 5.41) is 0. The van der Waals surface area contributed by atoms with Crippen molar-refractivity contribution in [1.82, 2.24) is 9.80 Å². The molecule has 0 aliphatic carbocycles. The molecule has 3 fully saturated rings. The third-order valence-electron chi connectivity index (χ3n) is 5.30. The second kappa shape index (κ2) is 7.05. The van der Waals surface area contributed by atoms with Gasteiger partial charge in [0.25, 0.3) is 0 Å². The average molecular weight is 354 g/mol. The van der Waals surface area contributed by atoms with Crippen molar-refractivity contribution in [3.8, 4) is 0 Å². The zero-order valence-electron chi connectivity index (χ0n) is 16.4. The van der Waals surface area contributed by atoms with E-state index in [1.807, 2.05) is 39.5 Å². The number of hydrogen-bond donors (Lipinski definition) is 0. The molecule has 3 aliphatic rings. The summed E-state index contributed by atoms with van der Waals surface area (Å²) >= 11 is 0. The quantitative estimate of drug-likeness (QED) is 0.780. The molecule has 0 N–H and O–H groups in total. The van der Waals surface area contributed by atoms with Crippen molar-refractivity contribution >= 4 is 6.09 Å². The standard InChI is InChI=1S/C19H34N2O4/c1-18(2,3)25-17(22)21-10-15(11-21)14-7-6-8-20(9-14)12-16-13-23-19(4,5)24-16/h14-16H,6-13H2,1-5H3/t14-,16-/m0/s1. The third kappa shape index (κ3) is 5.08. The molecule has 6 nitrogen and oxygen atoms in total. The average Bonchev–Trinajstić information content (AvgIpc) is 2.74. The number of nitrogens with zero attached hydrogens (tertiary/aromatic N) is 2. The molecule has 3 heterocycles. The maximum atomic E-state index is 12.1. The predicted molar refractivity (Wildman–Crippen MR) is 95.4 cm³/mol. The number of carbonyl (C=O) groups is 1. The minimum absolute atomic E-state index is 0.171. The van der Waals surface area contributed by atoms with Gasteiger partial charge in [0.15, 0.2) is 5.79 Å². The minimum atomic E-state index is -0.443. The number of piperidine rings is 1. The van der Waals surface area contributed by atoms with E-state index >= 15 is 0 Å². The number of carbonyl (C=O) groups excluding carboxylic acids is 1. The Bertz CT molecular complexity index is 482. The first-order chi connectivity index (χ1) is 11.6. The maximum absolute atomic E-state index is 12.1. The lowest BCUT2D eigenvalue weighted by Crippen LogP contribution is -2.56. The molecular formula is C19H34N2O4. The van der Waals surface area contributed by atoms with E-state index in [2.05, 4.69) is 4.90 Å². The van der Waals surface area contributed by atoms with Crippen LogP contribution in [0.2, 0.25) is 0 Å². The van der Waals surface area contributed by atoms with Crippen LogP contribution in [0.5, 0.6) is 0 Å². The Labute approximate surface area is 151 Å². The van der Waals surface area contributed by atoms with Gasteiger partial charge in [-0.25, -0.2) is 4.79 Å². The van der Waals surface area contributed by atoms with Crippen LogP contribution >= 0.6 is 0 Å². The van der Waals surface area contributed by atoms with Crippen molar-refractivity contribution in [3.63, 3.8) is 0 Å². The lowest BCUT2D eigenvalue weighted by Gasteiger charge is -2.46. The molecule has 0 saturated carbocycles. The third-order valence-corrected chi connectivity index (χ3v) is 5.30. The molecule has 0 spiro atoms. The lowest BCUT2D eigenvalue weighted by atomic mass is 9.80. The van der Waals surface area contributed by atoms with Crippen LogP contribution in [0.1, 0.15) is 47.5 Å². The summed E-state index contributed by atoms with van der Waals surface area (Å²) < 4.78 is 17.1. The van der Waals surface area contributed by atoms with Crippen LogP contribution < -0.4 is 0 Å². The van der Waals surface area contributed by atoms with E-state index in [1.54, 1.807) is 0 Å². The van der Waals surface area contributed by atoms with Gasteiger partial charge in [-0.05, 0) is 65.8 Å². The van der Waals surface area contributed by atoms with Gasteiger partial charge >= 0.3 is 6.09 Å². The Hall–Kier alpha value is -0.850. The molecular weight excluding hydrogens is 320 g/mol. The molecule has 0 unspecified atom stereocenters. The summed E-state index contributed by atoms with van der Waals surface area (Å²) in [7, 11) is 0. The topological polar surface area (TPSA) is 51.2 Å². The van der Waals surface area contributed by atoms with Gasteiger partial charge in [-0.1, -0.05) is 0 Å². The Kier molecular flexibility index (Phi) is 5.33. The highest BCUT2D eigenvalue weighted by molar-refractivity contribution is 5.69. The summed E-state index contributed by atoms with van der Waals surface area (Å²) in [5.41, 5.74) is -0.416. The molecule has 3 aliphatic heterocycles. The van der Waals surface area contributed by atoms with Crippen LogP contribution in [-0.4, -0.2) is 72.7 Å². The maximum Gasteiger partial charge on any atom is 0.410 e. The van der Waals surface area contributed by atoms with Crippen LogP contribution in [0, 0.1) is 11.8 Å². The first-order valence-corrected chi connectivity index (χ1v) is 9.63. The van der Waals surface area contributed by atoms with Crippen molar-refractivity contribution in [3.05, 3.63) is 0 Å². The van der Waals surface area contributed by atoms with Gasteiger partial charge in [-0.2, -0.15) is 0 Å². The van der Waals surface area contributed by atoms with E-state index in [4.69, 9.17) is 14.2 Å². The molecule has 0 bridgehead atoms. The molecule has 25 heavy (non-hydrogen) atoms. The number of hydrogen-bond acceptors (Lipinski definition) is 5. The highest BCUT2D eigenvalue weighted by Crippen LogP contribution is 2.32. The van der Waals surface area contributed by atoms with Crippen LogP contribution in [0.4, 0.5) is 4.79 Å². The van der Waals surface area contributed by atoms with Crippen molar-refractivity contribution in [2.75, 3.05) is 39.3 Å². The molecule has 1 amide bonds. The second-order valence-electron chi connectivity index (χ2n) is 9.26. The zero-order valence-corrected chi connectivity index (χ0v) is 16.4. The fourth-order valence-electron chi connectivity index (χ4n) is 4.07. The van der Waals surface area contributed by atoms with Crippen LogP contribution in [0.25, 0.3) is 0 Å². The van der Waals surface area contributed by atoms with Gasteiger partial charge in [-0.3, -0.25) is 0 Å². The molecule has 0 radical (unpaired) electrons. The molecule has 3 saturated heterocycles. The van der Waals surface area contributed by atoms with Crippen molar-refractivity contribution in [2.45, 2.75) is 65.0 Å². The monoisotopic (exact) mass is 354 g/mol. The van der Waals surface area contributed by atoms with E-state index in [0.717, 1.165) is 32.7 Å². The van der Waals surface area contributed by atoms with Gasteiger partial charge in [0, 0.05) is 26.2 Å².